The molecule has 0 radical (unpaired) electrons. The van der Waals surface area contributed by atoms with E-state index in [1.54, 1.807) is 24.3 Å². The summed E-state index contributed by atoms with van der Waals surface area (Å²) in [6.07, 6.45) is 2.52. The van der Waals surface area contributed by atoms with Crippen molar-refractivity contribution >= 4 is 68.5 Å². The minimum Gasteiger partial charge on any atom is -0.493 e. The number of hydrogen-bond acceptors (Lipinski definition) is 6. The van der Waals surface area contributed by atoms with Crippen LogP contribution in [0.2, 0.25) is 5.02 Å². The monoisotopic (exact) mass is 628 g/mol. The Morgan fingerprint density at radius 1 is 1.10 bits per heavy atom. The lowest BCUT2D eigenvalue weighted by Gasteiger charge is -2.19. The molecule has 39 heavy (non-hydrogen) atoms. The number of carbonyl (C=O) groups is 2. The number of carbonyl (C=O) groups excluding carboxylic acids is 2. The first-order valence-electron chi connectivity index (χ1n) is 12.0. The summed E-state index contributed by atoms with van der Waals surface area (Å²) in [7, 11) is 2.82. The van der Waals surface area contributed by atoms with Gasteiger partial charge in [0.05, 0.1) is 24.4 Å². The van der Waals surface area contributed by atoms with Crippen molar-refractivity contribution in [3.8, 4) is 11.5 Å². The molecule has 1 aliphatic heterocycles. The van der Waals surface area contributed by atoms with Gasteiger partial charge in [0.25, 0.3) is 5.91 Å². The van der Waals surface area contributed by atoms with E-state index in [0.717, 1.165) is 17.5 Å². The average molecular weight is 630 g/mol. The van der Waals surface area contributed by atoms with Crippen molar-refractivity contribution in [3.63, 3.8) is 0 Å². The number of esters is 1. The molecule has 0 N–H and O–H groups in total. The normalized spacial score (nSPS) is 14.2. The second kappa shape index (κ2) is 12.6. The van der Waals surface area contributed by atoms with Crippen LogP contribution in [-0.4, -0.2) is 42.7 Å². The van der Waals surface area contributed by atoms with E-state index in [-0.39, 0.29) is 29.9 Å². The van der Waals surface area contributed by atoms with Gasteiger partial charge in [-0.2, -0.15) is 0 Å². The summed E-state index contributed by atoms with van der Waals surface area (Å²) in [5, 5.41) is 0.788. The molecule has 1 aliphatic rings. The topological polar surface area (TPSA) is 68.3 Å². The molecule has 0 unspecified atom stereocenters. The van der Waals surface area contributed by atoms with E-state index in [2.05, 4.69) is 22.9 Å². The minimum atomic E-state index is -0.527. The van der Waals surface area contributed by atoms with Crippen molar-refractivity contribution in [3.05, 3.63) is 92.5 Å². The first-order chi connectivity index (χ1) is 18.8. The van der Waals surface area contributed by atoms with Crippen LogP contribution in [-0.2, 0) is 27.4 Å². The fourth-order valence-corrected chi connectivity index (χ4v) is 5.14. The highest BCUT2D eigenvalue weighted by molar-refractivity contribution is 9.10. The standard InChI is InChI=1S/C29H26BrClN2O5S/c1-4-18-9-11-21(12-10-18)33-28(35)24(32(29(33)39)16-26(34)37-3)14-19-13-22(30)27(25(15-19)36-2)38-17-20-7-5-6-8-23(20)31/h5-15H,4,16-17H2,1-3H3/b24-14-. The molecule has 3 aromatic rings. The van der Waals surface area contributed by atoms with E-state index in [1.165, 1.54) is 24.0 Å². The maximum absolute atomic E-state index is 13.6. The van der Waals surface area contributed by atoms with Crippen molar-refractivity contribution < 1.29 is 23.8 Å². The maximum atomic E-state index is 13.6. The Hall–Kier alpha value is -3.40. The van der Waals surface area contributed by atoms with Gasteiger partial charge in [0, 0.05) is 10.6 Å². The molecule has 1 fully saturated rings. The molecule has 0 saturated carbocycles. The van der Waals surface area contributed by atoms with Crippen LogP contribution in [0.15, 0.2) is 70.8 Å². The summed E-state index contributed by atoms with van der Waals surface area (Å²) in [5.41, 5.74) is 3.43. The first-order valence-corrected chi connectivity index (χ1v) is 13.6. The zero-order valence-corrected chi connectivity index (χ0v) is 24.7. The number of halogens is 2. The van der Waals surface area contributed by atoms with Gasteiger partial charge < -0.3 is 19.1 Å². The van der Waals surface area contributed by atoms with Crippen molar-refractivity contribution in [2.75, 3.05) is 25.7 Å². The van der Waals surface area contributed by atoms with Gasteiger partial charge in [0.15, 0.2) is 16.6 Å². The third kappa shape index (κ3) is 6.27. The van der Waals surface area contributed by atoms with Crippen LogP contribution >= 0.6 is 39.7 Å². The van der Waals surface area contributed by atoms with E-state index in [4.69, 9.17) is 38.0 Å². The molecule has 1 heterocycles. The highest BCUT2D eigenvalue weighted by Crippen LogP contribution is 2.39. The number of methoxy groups -OCH3 is 2. The summed E-state index contributed by atoms with van der Waals surface area (Å²) in [6, 6.07) is 18.5. The second-order valence-corrected chi connectivity index (χ2v) is 10.2. The third-order valence-corrected chi connectivity index (χ3v) is 7.50. The van der Waals surface area contributed by atoms with Crippen LogP contribution < -0.4 is 14.4 Å². The molecule has 4 rings (SSSR count). The Balaban J connectivity index is 1.69. The van der Waals surface area contributed by atoms with E-state index in [1.807, 2.05) is 42.5 Å². The zero-order valence-electron chi connectivity index (χ0n) is 21.6. The molecule has 1 amide bonds. The highest BCUT2D eigenvalue weighted by Gasteiger charge is 2.40. The lowest BCUT2D eigenvalue weighted by atomic mass is 10.1. The summed E-state index contributed by atoms with van der Waals surface area (Å²) in [6.45, 7) is 2.08. The molecule has 202 valence electrons. The Bertz CT molecular complexity index is 1440. The molecule has 0 bridgehead atoms. The number of nitrogens with zero attached hydrogens (tertiary/aromatic N) is 2. The van der Waals surface area contributed by atoms with Crippen molar-refractivity contribution in [1.29, 1.82) is 0 Å². The van der Waals surface area contributed by atoms with Gasteiger partial charge in [-0.25, -0.2) is 0 Å². The van der Waals surface area contributed by atoms with Crippen molar-refractivity contribution in [2.24, 2.45) is 0 Å². The van der Waals surface area contributed by atoms with Crippen LogP contribution in [0.1, 0.15) is 23.6 Å². The van der Waals surface area contributed by atoms with E-state index >= 15 is 0 Å². The molecule has 7 nitrogen and oxygen atoms in total. The number of ether oxygens (including phenoxy) is 3. The van der Waals surface area contributed by atoms with Gasteiger partial charge >= 0.3 is 5.97 Å². The number of rotatable bonds is 9. The van der Waals surface area contributed by atoms with Crippen LogP contribution in [0.25, 0.3) is 6.08 Å². The van der Waals surface area contributed by atoms with Gasteiger partial charge in [0.1, 0.15) is 18.8 Å². The van der Waals surface area contributed by atoms with Gasteiger partial charge in [-0.3, -0.25) is 14.5 Å². The Kier molecular flexibility index (Phi) is 9.27. The van der Waals surface area contributed by atoms with Gasteiger partial charge in [0.2, 0.25) is 0 Å². The Morgan fingerprint density at radius 2 is 1.82 bits per heavy atom. The minimum absolute atomic E-state index is 0.187. The number of aryl methyl sites for hydroxylation is 1. The summed E-state index contributed by atoms with van der Waals surface area (Å²) in [4.78, 5) is 28.8. The van der Waals surface area contributed by atoms with Crippen LogP contribution in [0, 0.1) is 0 Å². The van der Waals surface area contributed by atoms with Gasteiger partial charge in [-0.1, -0.05) is 48.9 Å². The lowest BCUT2D eigenvalue weighted by Crippen LogP contribution is -2.35. The SMILES string of the molecule is CCc1ccc(N2C(=O)/C(=C/c3cc(Br)c(OCc4ccccc4Cl)c(OC)c3)N(CC(=O)OC)C2=S)cc1. The predicted octanol–water partition coefficient (Wildman–Crippen LogP) is 6.40. The molecular weight excluding hydrogens is 604 g/mol. The second-order valence-electron chi connectivity index (χ2n) is 8.55. The van der Waals surface area contributed by atoms with Crippen LogP contribution in [0.3, 0.4) is 0 Å². The Morgan fingerprint density at radius 3 is 2.46 bits per heavy atom. The molecule has 0 aliphatic carbocycles. The molecule has 0 atom stereocenters. The summed E-state index contributed by atoms with van der Waals surface area (Å²) >= 11 is 15.5. The number of hydrogen-bond donors (Lipinski definition) is 0. The number of thiocarbonyl (C=S) groups is 1. The van der Waals surface area contributed by atoms with Gasteiger partial charge in [-0.05, 0) is 82.1 Å². The van der Waals surface area contributed by atoms with E-state index < -0.39 is 5.97 Å². The third-order valence-electron chi connectivity index (χ3n) is 6.14. The summed E-state index contributed by atoms with van der Waals surface area (Å²) < 4.78 is 17.1. The van der Waals surface area contributed by atoms with Crippen LogP contribution in [0.4, 0.5) is 5.69 Å². The average Bonchev–Trinajstić information content (AvgIpc) is 3.16. The molecular formula is C29H26BrClN2O5S. The smallest absolute Gasteiger partial charge is 0.325 e. The quantitative estimate of drug-likeness (QED) is 0.154. The zero-order chi connectivity index (χ0) is 28.1. The largest absolute Gasteiger partial charge is 0.493 e. The number of anilines is 1. The fourth-order valence-electron chi connectivity index (χ4n) is 4.02. The van der Waals surface area contributed by atoms with E-state index in [0.29, 0.717) is 32.2 Å². The van der Waals surface area contributed by atoms with Crippen molar-refractivity contribution in [1.82, 2.24) is 4.90 Å². The highest BCUT2D eigenvalue weighted by atomic mass is 79.9. The first kappa shape index (κ1) is 28.6. The molecule has 0 spiro atoms. The maximum Gasteiger partial charge on any atom is 0.325 e. The van der Waals surface area contributed by atoms with Crippen molar-refractivity contribution in [2.45, 2.75) is 20.0 Å². The molecule has 1 saturated heterocycles. The molecule has 0 aromatic heterocycles. The molecule has 10 heteroatoms. The summed E-state index contributed by atoms with van der Waals surface area (Å²) in [5.74, 6) is 0.0447. The number of amides is 1. The van der Waals surface area contributed by atoms with E-state index in [9.17, 15) is 9.59 Å². The number of benzene rings is 3. The Labute approximate surface area is 246 Å². The fraction of sp³-hybridized carbons (Fsp3) is 0.207. The predicted molar refractivity (Wildman–Crippen MR) is 159 cm³/mol. The van der Waals surface area contributed by atoms with Gasteiger partial charge in [-0.15, -0.1) is 0 Å². The lowest BCUT2D eigenvalue weighted by molar-refractivity contribution is -0.140. The molecule has 3 aromatic carbocycles. The van der Waals surface area contributed by atoms with Crippen LogP contribution in [0.5, 0.6) is 11.5 Å².